The molecule has 1 saturated heterocycles. The van der Waals surface area contributed by atoms with Crippen LogP contribution in [0, 0.1) is 5.92 Å². The van der Waals surface area contributed by atoms with Gasteiger partial charge in [-0.05, 0) is 25.1 Å². The van der Waals surface area contributed by atoms with Crippen LogP contribution >= 0.6 is 11.3 Å². The third kappa shape index (κ3) is 4.36. The lowest BCUT2D eigenvalue weighted by Crippen LogP contribution is -2.34. The Balaban J connectivity index is 1.65. The summed E-state index contributed by atoms with van der Waals surface area (Å²) in [5.74, 6) is -0.459. The minimum Gasteiger partial charge on any atom is -0.494 e. The van der Waals surface area contributed by atoms with E-state index in [0.29, 0.717) is 11.7 Å². The van der Waals surface area contributed by atoms with Crippen molar-refractivity contribution < 1.29 is 23.9 Å². The second kappa shape index (κ2) is 8.34. The molecule has 2 heterocycles. The van der Waals surface area contributed by atoms with Crippen LogP contribution in [0.15, 0.2) is 18.2 Å². The highest BCUT2D eigenvalue weighted by atomic mass is 32.1. The summed E-state index contributed by atoms with van der Waals surface area (Å²) < 4.78 is 11.0. The molecule has 2 amide bonds. The zero-order chi connectivity index (χ0) is 19.4. The van der Waals surface area contributed by atoms with E-state index in [-0.39, 0.29) is 43.7 Å². The van der Waals surface area contributed by atoms with Crippen LogP contribution in [0.1, 0.15) is 19.8 Å². The van der Waals surface area contributed by atoms with Crippen molar-refractivity contribution in [1.82, 2.24) is 10.3 Å². The average molecular weight is 391 g/mol. The Morgan fingerprint density at radius 3 is 2.96 bits per heavy atom. The van der Waals surface area contributed by atoms with Crippen LogP contribution in [0.5, 0.6) is 5.75 Å². The number of carbonyl (C=O) groups is 3. The van der Waals surface area contributed by atoms with Crippen molar-refractivity contribution in [3.05, 3.63) is 18.2 Å². The molecule has 1 fully saturated rings. The number of benzene rings is 1. The Labute approximate surface area is 160 Å². The lowest BCUT2D eigenvalue weighted by Gasteiger charge is -2.13. The monoisotopic (exact) mass is 391 g/mol. The van der Waals surface area contributed by atoms with E-state index in [0.717, 1.165) is 16.0 Å². The summed E-state index contributed by atoms with van der Waals surface area (Å²) >= 11 is 1.40. The maximum atomic E-state index is 12.4. The molecule has 3 rings (SSSR count). The molecule has 0 radical (unpaired) electrons. The van der Waals surface area contributed by atoms with Gasteiger partial charge in [0.1, 0.15) is 5.75 Å². The molecule has 8 nitrogen and oxygen atoms in total. The molecule has 144 valence electrons. The SMILES string of the molecule is CCOc1ccc2nc(N3CC(C(=O)NCCC(=O)OC)CC3=O)sc2c1. The standard InChI is InChI=1S/C18H21N3O5S/c1-3-26-12-4-5-13-14(9-12)27-18(20-13)21-10-11(8-15(21)22)17(24)19-7-6-16(23)25-2/h4-5,9,11H,3,6-8,10H2,1-2H3,(H,19,24). The normalized spacial score (nSPS) is 16.6. The molecule has 0 saturated carbocycles. The summed E-state index contributed by atoms with van der Waals surface area (Å²) in [6, 6.07) is 5.61. The molecule has 0 aliphatic carbocycles. The van der Waals surface area contributed by atoms with Crippen LogP contribution in [0.25, 0.3) is 10.2 Å². The minimum atomic E-state index is -0.457. The highest BCUT2D eigenvalue weighted by Gasteiger charge is 2.36. The molecule has 0 spiro atoms. The number of nitrogens with one attached hydrogen (secondary N) is 1. The van der Waals surface area contributed by atoms with E-state index in [1.54, 1.807) is 4.90 Å². The Hall–Kier alpha value is -2.68. The number of fused-ring (bicyclic) bond motifs is 1. The van der Waals surface area contributed by atoms with Gasteiger partial charge < -0.3 is 14.8 Å². The topological polar surface area (TPSA) is 97.8 Å². The van der Waals surface area contributed by atoms with Gasteiger partial charge in [0.2, 0.25) is 11.8 Å². The van der Waals surface area contributed by atoms with Crippen molar-refractivity contribution in [2.45, 2.75) is 19.8 Å². The Bertz CT molecular complexity index is 866. The Morgan fingerprint density at radius 2 is 2.22 bits per heavy atom. The van der Waals surface area contributed by atoms with Gasteiger partial charge in [0.15, 0.2) is 5.13 Å². The van der Waals surface area contributed by atoms with E-state index in [1.807, 2.05) is 25.1 Å². The fourth-order valence-corrected chi connectivity index (χ4v) is 3.89. The van der Waals surface area contributed by atoms with Gasteiger partial charge in [-0.1, -0.05) is 11.3 Å². The molecule has 9 heteroatoms. The minimum absolute atomic E-state index is 0.104. The van der Waals surface area contributed by atoms with Gasteiger partial charge in [-0.2, -0.15) is 0 Å². The number of carbonyl (C=O) groups excluding carboxylic acids is 3. The van der Waals surface area contributed by atoms with E-state index >= 15 is 0 Å². The third-order valence-corrected chi connectivity index (χ3v) is 5.28. The van der Waals surface area contributed by atoms with Crippen molar-refractivity contribution in [1.29, 1.82) is 0 Å². The number of aromatic nitrogens is 1. The van der Waals surface area contributed by atoms with Gasteiger partial charge in [0.05, 0.1) is 36.3 Å². The number of rotatable bonds is 7. The van der Waals surface area contributed by atoms with Crippen molar-refractivity contribution in [2.24, 2.45) is 5.92 Å². The first-order chi connectivity index (χ1) is 13.0. The predicted octanol–water partition coefficient (Wildman–Crippen LogP) is 1.73. The molecular formula is C18H21N3O5S. The maximum Gasteiger partial charge on any atom is 0.307 e. The van der Waals surface area contributed by atoms with Crippen molar-refractivity contribution in [3.8, 4) is 5.75 Å². The number of amides is 2. The maximum absolute atomic E-state index is 12.4. The molecule has 0 bridgehead atoms. The van der Waals surface area contributed by atoms with Gasteiger partial charge in [0, 0.05) is 19.5 Å². The number of hydrogen-bond acceptors (Lipinski definition) is 7. The fourth-order valence-electron chi connectivity index (χ4n) is 2.87. The molecule has 27 heavy (non-hydrogen) atoms. The Kier molecular flexibility index (Phi) is 5.90. The molecule has 2 aromatic rings. The first-order valence-corrected chi connectivity index (χ1v) is 9.51. The average Bonchev–Trinajstić information content (AvgIpc) is 3.24. The second-order valence-electron chi connectivity index (χ2n) is 6.08. The molecule has 1 aromatic carbocycles. The summed E-state index contributed by atoms with van der Waals surface area (Å²) in [6.45, 7) is 2.97. The van der Waals surface area contributed by atoms with E-state index in [2.05, 4.69) is 15.0 Å². The lowest BCUT2D eigenvalue weighted by atomic mass is 10.1. The highest BCUT2D eigenvalue weighted by Crippen LogP contribution is 2.34. The number of methoxy groups -OCH3 is 1. The lowest BCUT2D eigenvalue weighted by molar-refractivity contribution is -0.140. The number of esters is 1. The zero-order valence-corrected chi connectivity index (χ0v) is 16.0. The number of nitrogens with zero attached hydrogens (tertiary/aromatic N) is 2. The van der Waals surface area contributed by atoms with Gasteiger partial charge >= 0.3 is 5.97 Å². The number of thiazole rings is 1. The number of hydrogen-bond donors (Lipinski definition) is 1. The molecule has 1 N–H and O–H groups in total. The number of anilines is 1. The molecule has 1 atom stereocenters. The summed E-state index contributed by atoms with van der Waals surface area (Å²) in [5.41, 5.74) is 0.789. The largest absolute Gasteiger partial charge is 0.494 e. The van der Waals surface area contributed by atoms with Crippen molar-refractivity contribution in [2.75, 3.05) is 31.7 Å². The van der Waals surface area contributed by atoms with Crippen LogP contribution in [0.3, 0.4) is 0 Å². The van der Waals surface area contributed by atoms with Crippen LogP contribution < -0.4 is 15.0 Å². The van der Waals surface area contributed by atoms with Crippen LogP contribution in [0.4, 0.5) is 5.13 Å². The summed E-state index contributed by atoms with van der Waals surface area (Å²) in [6.07, 6.45) is 0.233. The summed E-state index contributed by atoms with van der Waals surface area (Å²) in [4.78, 5) is 41.8. The van der Waals surface area contributed by atoms with Crippen molar-refractivity contribution >= 4 is 44.5 Å². The summed E-state index contributed by atoms with van der Waals surface area (Å²) in [7, 11) is 1.30. The molecule has 1 aliphatic heterocycles. The molecule has 1 aromatic heterocycles. The van der Waals surface area contributed by atoms with E-state index < -0.39 is 5.92 Å². The zero-order valence-electron chi connectivity index (χ0n) is 15.2. The molecule has 1 unspecified atom stereocenters. The quantitative estimate of drug-likeness (QED) is 0.722. The van der Waals surface area contributed by atoms with Crippen molar-refractivity contribution in [3.63, 3.8) is 0 Å². The fraction of sp³-hybridized carbons (Fsp3) is 0.444. The highest BCUT2D eigenvalue weighted by molar-refractivity contribution is 7.22. The van der Waals surface area contributed by atoms with Gasteiger partial charge in [-0.3, -0.25) is 19.3 Å². The van der Waals surface area contributed by atoms with Crippen LogP contribution in [0.2, 0.25) is 0 Å². The molecule has 1 aliphatic rings. The predicted molar refractivity (Wildman–Crippen MR) is 101 cm³/mol. The Morgan fingerprint density at radius 1 is 1.41 bits per heavy atom. The molecular weight excluding hydrogens is 370 g/mol. The van der Waals surface area contributed by atoms with Crippen LogP contribution in [-0.2, 0) is 19.1 Å². The van der Waals surface area contributed by atoms with Crippen LogP contribution in [-0.4, -0.2) is 49.6 Å². The second-order valence-corrected chi connectivity index (χ2v) is 7.09. The van der Waals surface area contributed by atoms with Gasteiger partial charge in [-0.15, -0.1) is 0 Å². The van der Waals surface area contributed by atoms with E-state index in [9.17, 15) is 14.4 Å². The smallest absolute Gasteiger partial charge is 0.307 e. The number of ether oxygens (including phenoxy) is 2. The first kappa shape index (κ1) is 19.1. The van der Waals surface area contributed by atoms with E-state index in [4.69, 9.17) is 4.74 Å². The van der Waals surface area contributed by atoms with Gasteiger partial charge in [0.25, 0.3) is 0 Å². The van der Waals surface area contributed by atoms with E-state index in [1.165, 1.54) is 18.4 Å². The first-order valence-electron chi connectivity index (χ1n) is 8.70. The third-order valence-electron chi connectivity index (χ3n) is 4.24. The summed E-state index contributed by atoms with van der Waals surface area (Å²) in [5, 5.41) is 3.26. The van der Waals surface area contributed by atoms with Gasteiger partial charge in [-0.25, -0.2) is 4.98 Å².